The molecule has 0 saturated carbocycles. The normalized spacial score (nSPS) is 11.2. The van der Waals surface area contributed by atoms with Gasteiger partial charge in [-0.3, -0.25) is 4.99 Å². The fourth-order valence-corrected chi connectivity index (χ4v) is 9.36. The first-order valence-electron chi connectivity index (χ1n) is 33.4. The molecule has 0 radical (unpaired) electrons. The number of alkyl halides is 9. The molecule has 0 spiro atoms. The molecular formula is C80H102F9I9N2O5TiV-. The summed E-state index contributed by atoms with van der Waals surface area (Å²) in [5.74, 6) is 0.433. The van der Waals surface area contributed by atoms with Crippen molar-refractivity contribution in [1.82, 2.24) is 0 Å². The van der Waals surface area contributed by atoms with E-state index in [4.69, 9.17) is 26.2 Å². The second-order valence-corrected chi connectivity index (χ2v) is 74.2. The summed E-state index contributed by atoms with van der Waals surface area (Å²) in [6.45, 7) is 15.3. The number of aliphatic hydroxyl groups excluding tert-OH is 4. The number of unbranched alkanes of at least 4 members (excludes halogenated alkanes) is 1. The molecule has 0 saturated heterocycles. The van der Waals surface area contributed by atoms with E-state index in [1.807, 2.05) is 84.2 Å². The maximum absolute atomic E-state index is 12.8. The molecule has 7 nitrogen and oxygen atoms in total. The standard InChI is InChI=1S/C23H23F3.C22H20F3N.C12H13N.C10H9F3O.4C3H8O.CH4.I3.I2.4HI.Ti.V/c1-17(21-15-7-12-19-11-4-5-14-22(19)21)8-2-3-9-18-10-6-13-20(16-18)23(24,25)26;1-16(20-13-5-10-18-9-2-3-12-21(18)20)26-14-6-8-17-7-4-11-19(15-17)22(23,24)25;1-9(13)11-8-4-6-10-5-2-3-7-12(10)11;11-10(12,13)9-5-1-3-8(7-9)4-2-6-14;4*1-2-3-4;;1-3-2;1-2;;;;;;/h4-7,10-17H,2-3,8-9H2,1H3;2-5,7,9-16H,6,8H2,1H3;2-9H,13H2,1H3;1,3,5-7H,2,4H2;4*4H,2-3H2,1H3;1H4;;;4*1H;;/q;;;;;;;;;-1;;;;;;;+3/p-3/t17-;16-;9-;;;;;;;;;;;;;;/m011............../s1. The van der Waals surface area contributed by atoms with Crippen LogP contribution in [0.3, 0.4) is 0 Å². The van der Waals surface area contributed by atoms with Crippen LogP contribution in [0.1, 0.15) is 182 Å². The third-order valence-corrected chi connectivity index (χ3v) is 14.4. The third kappa shape index (κ3) is 54.6. The molecule has 0 aliphatic heterocycles. The Hall–Kier alpha value is 0.139. The maximum Gasteiger partial charge on any atom is 0 e. The van der Waals surface area contributed by atoms with Crippen molar-refractivity contribution >= 4 is 203 Å². The molecule has 0 bridgehead atoms. The van der Waals surface area contributed by atoms with Crippen LogP contribution >= 0.6 is 158 Å². The molecule has 9 rings (SSSR count). The van der Waals surface area contributed by atoms with E-state index < -0.39 is 35.2 Å². The van der Waals surface area contributed by atoms with Gasteiger partial charge in [0, 0.05) is 97.8 Å². The number of aliphatic hydroxyl groups is 4. The average Bonchev–Trinajstić information content (AvgIpc) is 0.831. The van der Waals surface area contributed by atoms with Crippen molar-refractivity contribution in [2.45, 2.75) is 169 Å². The molecule has 0 heterocycles. The van der Waals surface area contributed by atoms with Crippen molar-refractivity contribution in [3.05, 3.63) is 250 Å². The van der Waals surface area contributed by atoms with Gasteiger partial charge in [0.25, 0.3) is 0 Å². The van der Waals surface area contributed by atoms with Gasteiger partial charge in [-0.2, -0.15) is 39.5 Å². The topological polar surface area (TPSA) is 136 Å². The molecule has 0 aromatic heterocycles. The Labute approximate surface area is 753 Å². The Morgan fingerprint density at radius 2 is 0.748 bits per heavy atom. The van der Waals surface area contributed by atoms with Gasteiger partial charge in [0.1, 0.15) is 6.29 Å². The van der Waals surface area contributed by atoms with Gasteiger partial charge in [0.15, 0.2) is 0 Å². The van der Waals surface area contributed by atoms with Gasteiger partial charge >= 0.3 is 134 Å². The van der Waals surface area contributed by atoms with E-state index in [9.17, 15) is 44.3 Å². The van der Waals surface area contributed by atoms with Crippen molar-refractivity contribution in [3.63, 3.8) is 0 Å². The summed E-state index contributed by atoms with van der Waals surface area (Å²) in [7, 11) is 0. The van der Waals surface area contributed by atoms with Crippen molar-refractivity contribution < 1.29 is 105 Å². The SMILES string of the molecule is C.CCCO.CCCO.CCCO.CCCO.C[C@@H](CCCCc1cccc(C(F)(F)F)c1)c1cccc2ccccc12.C[C@@H](N)c1cccc2ccccc12.C[C@@H](N=CCCc1cccc(C(F)(F)F)c1)c1cccc2ccccc12.I.II.I[I-]I.O=CCCc1cccc(C(F)(F)F)c1.[I][V]([I])[I].[Ti]. The average molecular weight is 2580 g/mol. The Morgan fingerprint density at radius 3 is 1.07 bits per heavy atom. The van der Waals surface area contributed by atoms with Crippen LogP contribution in [0, 0.1) is 0 Å². The summed E-state index contributed by atoms with van der Waals surface area (Å²) >= 11 is 16.9. The van der Waals surface area contributed by atoms with E-state index in [1.54, 1.807) is 18.2 Å². The number of nitrogens with zero attached hydrogens (tertiary/aromatic N) is 1. The monoisotopic (exact) mass is 2580 g/mol. The molecule has 598 valence electrons. The van der Waals surface area contributed by atoms with E-state index in [1.165, 1.54) is 73.8 Å². The molecule has 27 heteroatoms. The Morgan fingerprint density at radius 1 is 0.467 bits per heavy atom. The second kappa shape index (κ2) is 71.5. The molecular weight excluding hydrogens is 2480 g/mol. The molecule has 0 aliphatic carbocycles. The summed E-state index contributed by atoms with van der Waals surface area (Å²) in [6, 6.07) is 60.0. The van der Waals surface area contributed by atoms with Gasteiger partial charge in [0.2, 0.25) is 0 Å². The molecule has 107 heavy (non-hydrogen) atoms. The summed E-state index contributed by atoms with van der Waals surface area (Å²) in [5.41, 5.74) is 9.74. The van der Waals surface area contributed by atoms with Crippen LogP contribution in [0.15, 0.2) is 205 Å². The van der Waals surface area contributed by atoms with Crippen LogP contribution < -0.4 is 19.0 Å². The van der Waals surface area contributed by atoms with Crippen LogP contribution in [0.5, 0.6) is 0 Å². The number of halogens is 18. The first kappa shape index (κ1) is 116. The number of fused-ring (bicyclic) bond motifs is 3. The number of aldehydes is 1. The van der Waals surface area contributed by atoms with E-state index in [2.05, 4.69) is 237 Å². The molecule has 0 fully saturated rings. The number of nitrogens with two attached hydrogens (primary N) is 1. The number of carbonyl (C=O) groups is 1. The number of benzene rings is 9. The summed E-state index contributed by atoms with van der Waals surface area (Å²) in [6.07, 6.45) is -1.49. The molecule has 6 N–H and O–H groups in total. The molecule has 0 aliphatic rings. The predicted octanol–water partition coefficient (Wildman–Crippen LogP) is 25.7. The minimum Gasteiger partial charge on any atom is 0 e. The molecule has 9 aromatic rings. The van der Waals surface area contributed by atoms with E-state index in [0.717, 1.165) is 80.3 Å². The van der Waals surface area contributed by atoms with Gasteiger partial charge < -0.3 is 31.0 Å². The van der Waals surface area contributed by atoms with Crippen LogP contribution in [-0.4, -0.2) is 59.4 Å². The molecule has 0 amide bonds. The largest absolute Gasteiger partial charge is 0 e. The Bertz CT molecular complexity index is 3640. The quantitative estimate of drug-likeness (QED) is 0.0137. The van der Waals surface area contributed by atoms with Gasteiger partial charge in [-0.15, -0.1) is 24.0 Å². The van der Waals surface area contributed by atoms with Crippen LogP contribution in [0.4, 0.5) is 39.5 Å². The zero-order valence-corrected chi connectivity index (χ0v) is 82.8. The molecule has 0 unspecified atom stereocenters. The minimum absolute atomic E-state index is 0. The number of carbonyl (C=O) groups excluding carboxylic acids is 1. The van der Waals surface area contributed by atoms with E-state index >= 15 is 0 Å². The summed E-state index contributed by atoms with van der Waals surface area (Å²) < 4.78 is 113. The summed E-state index contributed by atoms with van der Waals surface area (Å²) in [4.78, 5) is 14.3. The summed E-state index contributed by atoms with van der Waals surface area (Å²) in [5, 5.41) is 38.9. The molecule has 3 atom stereocenters. The number of rotatable bonds is 19. The number of hydrogen-bond donors (Lipinski definition) is 5. The van der Waals surface area contributed by atoms with Crippen molar-refractivity contribution in [2.24, 2.45) is 10.7 Å². The fraction of sp³-hybridized carbons (Fsp3) is 0.375. The van der Waals surface area contributed by atoms with Crippen LogP contribution in [-0.2, 0) is 69.2 Å². The Balaban J connectivity index is -0.000000396. The van der Waals surface area contributed by atoms with Gasteiger partial charge in [-0.25, -0.2) is 0 Å². The number of aliphatic imine (C=N–C) groups is 1. The van der Waals surface area contributed by atoms with Gasteiger partial charge in [-0.05, 0) is 174 Å². The maximum atomic E-state index is 12.8. The van der Waals surface area contributed by atoms with Crippen LogP contribution in [0.2, 0.25) is 0 Å². The van der Waals surface area contributed by atoms with Crippen molar-refractivity contribution in [2.75, 3.05) is 26.4 Å². The molecule has 9 aromatic carbocycles. The Kier molecular flexibility index (Phi) is 77.3. The first-order chi connectivity index (χ1) is 49.5. The third-order valence-electron chi connectivity index (χ3n) is 14.4. The van der Waals surface area contributed by atoms with Crippen LogP contribution in [0.25, 0.3) is 32.3 Å². The zero-order valence-electron chi connectivity index (χ0n) is 60.3. The number of aryl methyl sites for hydroxylation is 3. The predicted molar refractivity (Wildman–Crippen MR) is 494 cm³/mol. The second-order valence-electron chi connectivity index (χ2n) is 22.6. The number of hydrogen-bond acceptors (Lipinski definition) is 7. The zero-order chi connectivity index (χ0) is 78.9. The van der Waals surface area contributed by atoms with E-state index in [0.29, 0.717) is 88.7 Å². The van der Waals surface area contributed by atoms with Gasteiger partial charge in [-0.1, -0.05) is 230 Å². The van der Waals surface area contributed by atoms with Crippen molar-refractivity contribution in [3.8, 4) is 0 Å². The van der Waals surface area contributed by atoms with Crippen molar-refractivity contribution in [1.29, 1.82) is 0 Å². The fourth-order valence-electron chi connectivity index (χ4n) is 9.36. The smallest absolute Gasteiger partial charge is 0 e. The van der Waals surface area contributed by atoms with E-state index in [-0.39, 0.29) is 76.5 Å². The first-order valence-corrected chi connectivity index (χ1v) is 65.8. The van der Waals surface area contributed by atoms with Gasteiger partial charge in [0.05, 0.1) is 22.7 Å². The minimum atomic E-state index is -4.31.